The van der Waals surface area contributed by atoms with Crippen molar-refractivity contribution in [3.8, 4) is 5.69 Å². The molecule has 0 aliphatic carbocycles. The lowest BCUT2D eigenvalue weighted by Crippen LogP contribution is -2.17. The van der Waals surface area contributed by atoms with Gasteiger partial charge in [0.15, 0.2) is 4.98 Å². The van der Waals surface area contributed by atoms with Crippen LogP contribution in [0.3, 0.4) is 0 Å². The summed E-state index contributed by atoms with van der Waals surface area (Å²) < 4.78 is 1.77. The van der Waals surface area contributed by atoms with Crippen LogP contribution in [0.15, 0.2) is 42.5 Å². The molecule has 1 aliphatic rings. The Labute approximate surface area is 121 Å². The largest absolute Gasteiger partial charge is 0.409 e. The van der Waals surface area contributed by atoms with E-state index in [2.05, 4.69) is 15.3 Å². The molecule has 1 N–H and O–H groups in total. The van der Waals surface area contributed by atoms with Gasteiger partial charge < -0.3 is 5.32 Å². The smallest absolute Gasteiger partial charge is 0.348 e. The van der Waals surface area contributed by atoms with Gasteiger partial charge in [0.05, 0.1) is 6.33 Å². The van der Waals surface area contributed by atoms with Crippen molar-refractivity contribution in [1.82, 2.24) is 14.9 Å². The van der Waals surface area contributed by atoms with E-state index in [1.165, 1.54) is 0 Å². The summed E-state index contributed by atoms with van der Waals surface area (Å²) in [6.45, 7) is 2.47. The van der Waals surface area contributed by atoms with E-state index < -0.39 is 0 Å². The molecule has 0 atom stereocenters. The summed E-state index contributed by atoms with van der Waals surface area (Å²) in [5.41, 5.74) is 3.81. The van der Waals surface area contributed by atoms with Crippen molar-refractivity contribution >= 4 is 17.2 Å². The number of aromatic nitrogens is 2. The SMILES string of the molecule is CCC1=C(c2ccc(-n3ccnc3)c([N+]#N)c2)CNC1=O. The lowest BCUT2D eigenvalue weighted by Gasteiger charge is -2.05. The maximum absolute atomic E-state index is 11.7. The molecule has 1 amide bonds. The van der Waals surface area contributed by atoms with Gasteiger partial charge in [-0.15, -0.1) is 0 Å². The van der Waals surface area contributed by atoms with Crippen LogP contribution in [-0.4, -0.2) is 22.0 Å². The van der Waals surface area contributed by atoms with Crippen LogP contribution >= 0.6 is 0 Å². The molecular formula is C15H14N5O+. The summed E-state index contributed by atoms with van der Waals surface area (Å²) in [6, 6.07) is 5.56. The molecule has 0 spiro atoms. The van der Waals surface area contributed by atoms with Crippen LogP contribution in [0.2, 0.25) is 0 Å². The lowest BCUT2D eigenvalue weighted by atomic mass is 9.99. The normalized spacial score (nSPS) is 14.2. The number of nitrogens with zero attached hydrogens (tertiary/aromatic N) is 4. The monoisotopic (exact) mass is 280 g/mol. The first kappa shape index (κ1) is 13.1. The number of hydrogen-bond donors (Lipinski definition) is 1. The van der Waals surface area contributed by atoms with Crippen LogP contribution in [0.4, 0.5) is 5.69 Å². The molecule has 3 rings (SSSR count). The minimum absolute atomic E-state index is 0.0197. The van der Waals surface area contributed by atoms with Gasteiger partial charge in [0.2, 0.25) is 11.3 Å². The minimum atomic E-state index is -0.0197. The average molecular weight is 280 g/mol. The van der Waals surface area contributed by atoms with Gasteiger partial charge in [-0.05, 0) is 23.6 Å². The van der Waals surface area contributed by atoms with E-state index in [-0.39, 0.29) is 5.91 Å². The fraction of sp³-hybridized carbons (Fsp3) is 0.200. The maximum Gasteiger partial charge on any atom is 0.409 e. The van der Waals surface area contributed by atoms with E-state index in [0.717, 1.165) is 22.4 Å². The lowest BCUT2D eigenvalue weighted by molar-refractivity contribution is -0.116. The highest BCUT2D eigenvalue weighted by molar-refractivity contribution is 6.06. The van der Waals surface area contributed by atoms with Crippen molar-refractivity contribution in [3.05, 3.63) is 53.0 Å². The minimum Gasteiger partial charge on any atom is -0.348 e. The quantitative estimate of drug-likeness (QED) is 0.878. The summed E-state index contributed by atoms with van der Waals surface area (Å²) >= 11 is 0. The fourth-order valence-electron chi connectivity index (χ4n) is 2.58. The van der Waals surface area contributed by atoms with E-state index >= 15 is 0 Å². The molecule has 1 aromatic heterocycles. The van der Waals surface area contributed by atoms with Crippen molar-refractivity contribution in [2.24, 2.45) is 0 Å². The molecule has 0 fully saturated rings. The number of hydrogen-bond acceptors (Lipinski definition) is 3. The van der Waals surface area contributed by atoms with E-state index in [4.69, 9.17) is 0 Å². The zero-order valence-corrected chi connectivity index (χ0v) is 11.6. The molecule has 104 valence electrons. The van der Waals surface area contributed by atoms with Crippen molar-refractivity contribution in [2.75, 3.05) is 6.54 Å². The maximum atomic E-state index is 11.7. The third kappa shape index (κ3) is 2.19. The number of carbonyl (C=O) groups excluding carboxylic acids is 1. The summed E-state index contributed by atoms with van der Waals surface area (Å²) in [5, 5.41) is 12.1. The Bertz CT molecular complexity index is 768. The Morgan fingerprint density at radius 2 is 2.33 bits per heavy atom. The first-order chi connectivity index (χ1) is 10.2. The number of benzene rings is 1. The highest BCUT2D eigenvalue weighted by atomic mass is 16.1. The predicted octanol–water partition coefficient (Wildman–Crippen LogP) is 2.65. The molecule has 0 saturated carbocycles. The number of carbonyl (C=O) groups is 1. The number of nitrogens with one attached hydrogen (secondary N) is 1. The molecule has 2 heterocycles. The van der Waals surface area contributed by atoms with Gasteiger partial charge in [-0.3, -0.25) is 9.36 Å². The Balaban J connectivity index is 2.10. The van der Waals surface area contributed by atoms with E-state index in [1.807, 2.05) is 19.1 Å². The molecule has 21 heavy (non-hydrogen) atoms. The molecule has 1 aromatic carbocycles. The summed E-state index contributed by atoms with van der Waals surface area (Å²) in [6.07, 6.45) is 5.75. The second-order valence-electron chi connectivity index (χ2n) is 4.77. The summed E-state index contributed by atoms with van der Waals surface area (Å²) in [4.78, 5) is 19.1. The van der Waals surface area contributed by atoms with Gasteiger partial charge in [-0.2, -0.15) is 0 Å². The first-order valence-electron chi connectivity index (χ1n) is 6.72. The van der Waals surface area contributed by atoms with E-state index in [1.54, 1.807) is 29.4 Å². The van der Waals surface area contributed by atoms with E-state index in [0.29, 0.717) is 18.7 Å². The van der Waals surface area contributed by atoms with Crippen LogP contribution < -0.4 is 5.32 Å². The van der Waals surface area contributed by atoms with Crippen LogP contribution in [0.5, 0.6) is 0 Å². The van der Waals surface area contributed by atoms with Crippen LogP contribution in [0.25, 0.3) is 16.2 Å². The second kappa shape index (κ2) is 5.21. The Hall–Kier alpha value is -2.94. The number of amides is 1. The molecule has 0 radical (unpaired) electrons. The molecule has 1 aliphatic heterocycles. The third-order valence-corrected chi connectivity index (χ3v) is 3.63. The second-order valence-corrected chi connectivity index (χ2v) is 4.77. The highest BCUT2D eigenvalue weighted by Crippen LogP contribution is 2.31. The van der Waals surface area contributed by atoms with Gasteiger partial charge in [-0.1, -0.05) is 13.0 Å². The molecule has 2 aromatic rings. The van der Waals surface area contributed by atoms with E-state index in [9.17, 15) is 10.2 Å². The molecule has 0 saturated heterocycles. The third-order valence-electron chi connectivity index (χ3n) is 3.63. The Morgan fingerprint density at radius 1 is 1.48 bits per heavy atom. The average Bonchev–Trinajstić information content (AvgIpc) is 3.15. The van der Waals surface area contributed by atoms with Gasteiger partial charge in [-0.25, -0.2) is 4.98 Å². The first-order valence-corrected chi connectivity index (χ1v) is 6.72. The van der Waals surface area contributed by atoms with Gasteiger partial charge in [0, 0.05) is 30.6 Å². The van der Waals surface area contributed by atoms with Crippen molar-refractivity contribution in [2.45, 2.75) is 13.3 Å². The number of imidazole rings is 1. The van der Waals surface area contributed by atoms with Crippen molar-refractivity contribution in [3.63, 3.8) is 0 Å². The van der Waals surface area contributed by atoms with Crippen LogP contribution in [0, 0.1) is 5.39 Å². The standard InChI is InChI=1S/C15H13N5O/c1-2-11-12(8-18-15(11)21)10-3-4-14(13(7-10)19-16)20-6-5-17-9-20/h3-7,9H,2,8H2,1H3/p+1. The molecular weight excluding hydrogens is 266 g/mol. The summed E-state index contributed by atoms with van der Waals surface area (Å²) in [5.74, 6) is -0.0197. The molecule has 0 unspecified atom stereocenters. The Morgan fingerprint density at radius 3 is 3.00 bits per heavy atom. The van der Waals surface area contributed by atoms with Gasteiger partial charge in [0.25, 0.3) is 0 Å². The van der Waals surface area contributed by atoms with Crippen molar-refractivity contribution in [1.29, 1.82) is 5.39 Å². The molecule has 6 heteroatoms. The van der Waals surface area contributed by atoms with Crippen LogP contribution in [0.1, 0.15) is 18.9 Å². The van der Waals surface area contributed by atoms with Crippen molar-refractivity contribution < 1.29 is 4.79 Å². The molecule has 6 nitrogen and oxygen atoms in total. The van der Waals surface area contributed by atoms with Gasteiger partial charge in [0.1, 0.15) is 5.69 Å². The number of rotatable bonds is 3. The zero-order chi connectivity index (χ0) is 14.8. The number of diazo groups is 1. The fourth-order valence-corrected chi connectivity index (χ4v) is 2.58. The highest BCUT2D eigenvalue weighted by Gasteiger charge is 2.24. The molecule has 0 bridgehead atoms. The summed E-state index contributed by atoms with van der Waals surface area (Å²) in [7, 11) is 0. The predicted molar refractivity (Wildman–Crippen MR) is 78.5 cm³/mol. The Kier molecular flexibility index (Phi) is 3.24. The topological polar surface area (TPSA) is 75.1 Å². The zero-order valence-electron chi connectivity index (χ0n) is 11.6. The van der Waals surface area contributed by atoms with Crippen LogP contribution in [-0.2, 0) is 4.79 Å². The van der Waals surface area contributed by atoms with Gasteiger partial charge >= 0.3 is 5.69 Å².